The van der Waals surface area contributed by atoms with Gasteiger partial charge in [-0.25, -0.2) is 0 Å². The maximum absolute atomic E-state index is 12.2. The van der Waals surface area contributed by atoms with E-state index in [2.05, 4.69) is 15.7 Å². The van der Waals surface area contributed by atoms with Crippen molar-refractivity contribution in [1.29, 1.82) is 0 Å². The van der Waals surface area contributed by atoms with Gasteiger partial charge in [-0.15, -0.1) is 0 Å². The second-order valence-corrected chi connectivity index (χ2v) is 5.98. The van der Waals surface area contributed by atoms with Crippen molar-refractivity contribution in [3.63, 3.8) is 0 Å². The van der Waals surface area contributed by atoms with Gasteiger partial charge in [-0.2, -0.15) is 5.10 Å². The number of carbonyl (C=O) groups is 1. The van der Waals surface area contributed by atoms with Gasteiger partial charge in [0, 0.05) is 25.6 Å². The standard InChI is InChI=1S/C15H24N4O2/c1-19-14(17-15(20)13-10-21-8-7-16-13)9-12(18-19)11-5-3-2-4-6-11/h9,11,13,16H,2-8,10H2,1H3,(H,17,20). The molecule has 21 heavy (non-hydrogen) atoms. The van der Waals surface area contributed by atoms with Crippen molar-refractivity contribution in [1.82, 2.24) is 15.1 Å². The van der Waals surface area contributed by atoms with E-state index in [4.69, 9.17) is 4.74 Å². The number of amides is 1. The molecule has 3 rings (SSSR count). The van der Waals surface area contributed by atoms with Gasteiger partial charge in [-0.1, -0.05) is 19.3 Å². The molecule has 0 spiro atoms. The highest BCUT2D eigenvalue weighted by Crippen LogP contribution is 2.32. The van der Waals surface area contributed by atoms with Gasteiger partial charge >= 0.3 is 0 Å². The Balaban J connectivity index is 1.64. The van der Waals surface area contributed by atoms with Gasteiger partial charge in [0.1, 0.15) is 11.9 Å². The Kier molecular flexibility index (Phi) is 4.55. The maximum Gasteiger partial charge on any atom is 0.245 e. The quantitative estimate of drug-likeness (QED) is 0.883. The van der Waals surface area contributed by atoms with Gasteiger partial charge in [0.15, 0.2) is 0 Å². The van der Waals surface area contributed by atoms with E-state index in [1.54, 1.807) is 4.68 Å². The van der Waals surface area contributed by atoms with Crippen molar-refractivity contribution in [2.45, 2.75) is 44.1 Å². The average molecular weight is 292 g/mol. The van der Waals surface area contributed by atoms with Crippen molar-refractivity contribution < 1.29 is 9.53 Å². The Morgan fingerprint density at radius 2 is 2.24 bits per heavy atom. The minimum atomic E-state index is -0.271. The number of hydrogen-bond donors (Lipinski definition) is 2. The van der Waals surface area contributed by atoms with Gasteiger partial charge < -0.3 is 15.4 Å². The molecule has 1 aliphatic heterocycles. The zero-order valence-corrected chi connectivity index (χ0v) is 12.6. The number of morpholine rings is 1. The molecule has 2 N–H and O–H groups in total. The van der Waals surface area contributed by atoms with Crippen LogP contribution in [-0.4, -0.2) is 41.5 Å². The molecule has 1 unspecified atom stereocenters. The molecule has 2 heterocycles. The molecule has 2 aliphatic rings. The molecule has 116 valence electrons. The highest BCUT2D eigenvalue weighted by Gasteiger charge is 2.24. The number of aryl methyl sites for hydroxylation is 1. The second-order valence-electron chi connectivity index (χ2n) is 5.98. The van der Waals surface area contributed by atoms with Crippen LogP contribution in [0, 0.1) is 0 Å². The van der Waals surface area contributed by atoms with Crippen molar-refractivity contribution in [2.24, 2.45) is 7.05 Å². The zero-order chi connectivity index (χ0) is 14.7. The van der Waals surface area contributed by atoms with Gasteiger partial charge in [-0.05, 0) is 12.8 Å². The Hall–Kier alpha value is -1.40. The average Bonchev–Trinajstić information content (AvgIpc) is 2.90. The Labute approximate surface area is 125 Å². The van der Waals surface area contributed by atoms with Gasteiger partial charge in [0.25, 0.3) is 0 Å². The fourth-order valence-corrected chi connectivity index (χ4v) is 3.15. The largest absolute Gasteiger partial charge is 0.378 e. The van der Waals surface area contributed by atoms with Crippen LogP contribution >= 0.6 is 0 Å². The molecule has 1 aromatic heterocycles. The van der Waals surface area contributed by atoms with Gasteiger partial charge in [-0.3, -0.25) is 9.48 Å². The van der Waals surface area contributed by atoms with Crippen LogP contribution in [0.5, 0.6) is 0 Å². The summed E-state index contributed by atoms with van der Waals surface area (Å²) >= 11 is 0. The number of aromatic nitrogens is 2. The molecule has 2 fully saturated rings. The fourth-order valence-electron chi connectivity index (χ4n) is 3.15. The Morgan fingerprint density at radius 3 is 2.95 bits per heavy atom. The second kappa shape index (κ2) is 6.58. The summed E-state index contributed by atoms with van der Waals surface area (Å²) in [5.41, 5.74) is 1.11. The molecule has 0 radical (unpaired) electrons. The SMILES string of the molecule is Cn1nc(C2CCCCC2)cc1NC(=O)C1COCCN1. The van der Waals surface area contributed by atoms with E-state index in [9.17, 15) is 4.79 Å². The summed E-state index contributed by atoms with van der Waals surface area (Å²) in [6.45, 7) is 1.82. The topological polar surface area (TPSA) is 68.2 Å². The summed E-state index contributed by atoms with van der Waals surface area (Å²) in [5, 5.41) is 10.7. The highest BCUT2D eigenvalue weighted by molar-refractivity contribution is 5.94. The molecular weight excluding hydrogens is 268 g/mol. The third-order valence-corrected chi connectivity index (χ3v) is 4.41. The highest BCUT2D eigenvalue weighted by atomic mass is 16.5. The Bertz CT molecular complexity index is 488. The number of hydrogen-bond acceptors (Lipinski definition) is 4. The zero-order valence-electron chi connectivity index (χ0n) is 12.6. The molecule has 6 nitrogen and oxygen atoms in total. The van der Waals surface area contributed by atoms with Crippen molar-refractivity contribution in [3.8, 4) is 0 Å². The third-order valence-electron chi connectivity index (χ3n) is 4.41. The van der Waals surface area contributed by atoms with Crippen LogP contribution in [0.3, 0.4) is 0 Å². The molecule has 1 amide bonds. The first kappa shape index (κ1) is 14.5. The lowest BCUT2D eigenvalue weighted by Gasteiger charge is -2.22. The lowest BCUT2D eigenvalue weighted by atomic mass is 9.87. The van der Waals surface area contributed by atoms with Crippen LogP contribution in [0.1, 0.15) is 43.7 Å². The molecule has 6 heteroatoms. The summed E-state index contributed by atoms with van der Waals surface area (Å²) in [6.07, 6.45) is 6.32. The lowest BCUT2D eigenvalue weighted by molar-refractivity contribution is -0.120. The maximum atomic E-state index is 12.2. The van der Waals surface area contributed by atoms with E-state index in [-0.39, 0.29) is 11.9 Å². The predicted molar refractivity (Wildman–Crippen MR) is 80.3 cm³/mol. The first-order valence-corrected chi connectivity index (χ1v) is 7.90. The molecule has 1 atom stereocenters. The number of nitrogens with one attached hydrogen (secondary N) is 2. The van der Waals surface area contributed by atoms with E-state index >= 15 is 0 Å². The molecule has 1 saturated carbocycles. The fraction of sp³-hybridized carbons (Fsp3) is 0.733. The Morgan fingerprint density at radius 1 is 1.43 bits per heavy atom. The van der Waals surface area contributed by atoms with E-state index in [0.29, 0.717) is 19.1 Å². The first-order valence-electron chi connectivity index (χ1n) is 7.90. The van der Waals surface area contributed by atoms with Gasteiger partial charge in [0.2, 0.25) is 5.91 Å². The van der Waals surface area contributed by atoms with Crippen LogP contribution in [0.15, 0.2) is 6.07 Å². The number of nitrogens with zero attached hydrogens (tertiary/aromatic N) is 2. The minimum Gasteiger partial charge on any atom is -0.378 e. The van der Waals surface area contributed by atoms with Crippen LogP contribution < -0.4 is 10.6 Å². The number of ether oxygens (including phenoxy) is 1. The molecule has 1 saturated heterocycles. The van der Waals surface area contributed by atoms with Crippen LogP contribution in [0.4, 0.5) is 5.82 Å². The molecule has 0 bridgehead atoms. The summed E-state index contributed by atoms with van der Waals surface area (Å²) in [7, 11) is 1.88. The minimum absolute atomic E-state index is 0.0482. The van der Waals surface area contributed by atoms with Crippen LogP contribution in [0.25, 0.3) is 0 Å². The molecule has 1 aliphatic carbocycles. The summed E-state index contributed by atoms with van der Waals surface area (Å²) in [5.74, 6) is 1.27. The predicted octanol–water partition coefficient (Wildman–Crippen LogP) is 1.39. The lowest BCUT2D eigenvalue weighted by Crippen LogP contribution is -2.49. The number of carbonyl (C=O) groups excluding carboxylic acids is 1. The normalized spacial score (nSPS) is 24.0. The summed E-state index contributed by atoms with van der Waals surface area (Å²) in [6, 6.07) is 1.75. The van der Waals surface area contributed by atoms with E-state index in [1.807, 2.05) is 13.1 Å². The molecule has 0 aromatic carbocycles. The molecular formula is C15H24N4O2. The van der Waals surface area contributed by atoms with Crippen LogP contribution in [-0.2, 0) is 16.6 Å². The van der Waals surface area contributed by atoms with Crippen LogP contribution in [0.2, 0.25) is 0 Å². The van der Waals surface area contributed by atoms with Crippen molar-refractivity contribution in [2.75, 3.05) is 25.1 Å². The van der Waals surface area contributed by atoms with E-state index in [0.717, 1.165) is 18.1 Å². The van der Waals surface area contributed by atoms with Gasteiger partial charge in [0.05, 0.1) is 18.9 Å². The van der Waals surface area contributed by atoms with Crippen molar-refractivity contribution >= 4 is 11.7 Å². The van der Waals surface area contributed by atoms with E-state index < -0.39 is 0 Å². The van der Waals surface area contributed by atoms with E-state index in [1.165, 1.54) is 32.1 Å². The summed E-state index contributed by atoms with van der Waals surface area (Å²) in [4.78, 5) is 12.2. The smallest absolute Gasteiger partial charge is 0.245 e. The van der Waals surface area contributed by atoms with Crippen molar-refractivity contribution in [3.05, 3.63) is 11.8 Å². The summed E-state index contributed by atoms with van der Waals surface area (Å²) < 4.78 is 7.10. The monoisotopic (exact) mass is 292 g/mol. The molecule has 1 aromatic rings. The third kappa shape index (κ3) is 3.44. The number of rotatable bonds is 3. The first-order chi connectivity index (χ1) is 10.2. The number of anilines is 1.